The van der Waals surface area contributed by atoms with Crippen LogP contribution in [0.5, 0.6) is 0 Å². The number of hydrogen-bond donors (Lipinski definition) is 0. The Morgan fingerprint density at radius 2 is 0.413 bits per heavy atom. The SMILES string of the molecule is c1ccc(-c2ccc(-c3nc4ccccc4nc3-c3ccc(N(c4ccccc4)c4ccc(-c5nc6ccccc6nc5-c5ccc(-c6ccccc6)cc5)cc4)cc3)cc2)cc1. The zero-order valence-corrected chi connectivity index (χ0v) is 34.3. The lowest BCUT2D eigenvalue weighted by Gasteiger charge is -2.26. The minimum Gasteiger partial charge on any atom is -0.311 e. The average molecular weight is 806 g/mol. The van der Waals surface area contributed by atoms with Gasteiger partial charge in [-0.3, -0.25) is 0 Å². The van der Waals surface area contributed by atoms with E-state index in [-0.39, 0.29) is 0 Å². The van der Waals surface area contributed by atoms with Crippen LogP contribution in [0.3, 0.4) is 0 Å². The second kappa shape index (κ2) is 16.5. The Labute approximate surface area is 366 Å². The predicted molar refractivity (Wildman–Crippen MR) is 260 cm³/mol. The maximum Gasteiger partial charge on any atom is 0.0973 e. The first-order valence-electron chi connectivity index (χ1n) is 21.1. The van der Waals surface area contributed by atoms with Gasteiger partial charge in [-0.1, -0.05) is 176 Å². The van der Waals surface area contributed by atoms with Crippen molar-refractivity contribution in [2.75, 3.05) is 4.90 Å². The lowest BCUT2D eigenvalue weighted by Crippen LogP contribution is -2.09. The molecular weight excluding hydrogens is 767 g/mol. The van der Waals surface area contributed by atoms with E-state index in [4.69, 9.17) is 19.9 Å². The highest BCUT2D eigenvalue weighted by Gasteiger charge is 2.19. The maximum atomic E-state index is 5.21. The summed E-state index contributed by atoms with van der Waals surface area (Å²) < 4.78 is 0. The van der Waals surface area contributed by atoms with E-state index in [1.165, 1.54) is 11.1 Å². The molecule has 0 aliphatic heterocycles. The summed E-state index contributed by atoms with van der Waals surface area (Å²) in [6.45, 7) is 0. The molecule has 11 aromatic rings. The van der Waals surface area contributed by atoms with E-state index < -0.39 is 0 Å². The molecule has 0 unspecified atom stereocenters. The third-order valence-electron chi connectivity index (χ3n) is 11.5. The van der Waals surface area contributed by atoms with Gasteiger partial charge in [0.15, 0.2) is 0 Å². The molecule has 63 heavy (non-hydrogen) atoms. The molecule has 0 N–H and O–H groups in total. The minimum absolute atomic E-state index is 0.838. The molecular formula is C58H39N5. The number of para-hydroxylation sites is 5. The highest BCUT2D eigenvalue weighted by Crippen LogP contribution is 2.39. The Balaban J connectivity index is 0.955. The van der Waals surface area contributed by atoms with Crippen molar-refractivity contribution in [2.45, 2.75) is 0 Å². The van der Waals surface area contributed by atoms with Crippen LogP contribution in [0.2, 0.25) is 0 Å². The van der Waals surface area contributed by atoms with Gasteiger partial charge < -0.3 is 4.90 Å². The quantitative estimate of drug-likeness (QED) is 0.145. The maximum absolute atomic E-state index is 5.21. The molecule has 11 rings (SSSR count). The van der Waals surface area contributed by atoms with E-state index in [2.05, 4.69) is 175 Å². The topological polar surface area (TPSA) is 54.8 Å². The number of nitrogens with zero attached hydrogens (tertiary/aromatic N) is 5. The van der Waals surface area contributed by atoms with Gasteiger partial charge >= 0.3 is 0 Å². The zero-order chi connectivity index (χ0) is 42.0. The van der Waals surface area contributed by atoms with Crippen molar-refractivity contribution >= 4 is 39.1 Å². The predicted octanol–water partition coefficient (Wildman–Crippen LogP) is 15.0. The Morgan fingerprint density at radius 1 is 0.190 bits per heavy atom. The Kier molecular flexibility index (Phi) is 9.80. The normalized spacial score (nSPS) is 11.2. The van der Waals surface area contributed by atoms with E-state index in [1.807, 2.05) is 66.7 Å². The first kappa shape index (κ1) is 37.5. The number of fused-ring (bicyclic) bond motifs is 2. The number of benzene rings is 9. The molecule has 2 aromatic heterocycles. The van der Waals surface area contributed by atoms with Gasteiger partial charge in [0.25, 0.3) is 0 Å². The molecule has 2 heterocycles. The monoisotopic (exact) mass is 805 g/mol. The van der Waals surface area contributed by atoms with Crippen LogP contribution in [0.1, 0.15) is 0 Å². The molecule has 5 nitrogen and oxygen atoms in total. The van der Waals surface area contributed by atoms with Gasteiger partial charge in [-0.15, -0.1) is 0 Å². The molecule has 0 atom stereocenters. The Morgan fingerprint density at radius 3 is 0.730 bits per heavy atom. The van der Waals surface area contributed by atoms with Gasteiger partial charge in [0.05, 0.1) is 44.8 Å². The number of anilines is 3. The standard InChI is InChI=1S/C58H39N5/c1-4-14-40(15-5-1)42-24-28-44(29-25-42)55-57(61-53-22-12-10-20-51(53)59-55)46-32-36-49(37-33-46)63(48-18-8-3-9-19-48)50-38-34-47(35-39-50)58-56(60-52-21-11-13-23-54(52)62-58)45-30-26-43(27-31-45)41-16-6-2-7-17-41/h1-39H. The molecule has 0 spiro atoms. The lowest BCUT2D eigenvalue weighted by atomic mass is 9.99. The molecule has 0 aliphatic rings. The molecule has 0 saturated carbocycles. The number of aromatic nitrogens is 4. The number of rotatable bonds is 9. The minimum atomic E-state index is 0.838. The van der Waals surface area contributed by atoms with Crippen LogP contribution in [0.25, 0.3) is 89.4 Å². The van der Waals surface area contributed by atoms with Crippen LogP contribution < -0.4 is 4.90 Å². The molecule has 0 bridgehead atoms. The zero-order valence-electron chi connectivity index (χ0n) is 34.3. The summed E-state index contributed by atoms with van der Waals surface area (Å²) in [5.41, 5.74) is 18.6. The number of hydrogen-bond acceptors (Lipinski definition) is 5. The summed E-state index contributed by atoms with van der Waals surface area (Å²) in [5.74, 6) is 0. The summed E-state index contributed by atoms with van der Waals surface area (Å²) in [6.07, 6.45) is 0. The van der Waals surface area contributed by atoms with Gasteiger partial charge in [0, 0.05) is 39.3 Å². The van der Waals surface area contributed by atoms with Crippen molar-refractivity contribution in [1.29, 1.82) is 0 Å². The van der Waals surface area contributed by atoms with Gasteiger partial charge in [-0.25, -0.2) is 19.9 Å². The van der Waals surface area contributed by atoms with Crippen molar-refractivity contribution in [3.63, 3.8) is 0 Å². The molecule has 296 valence electrons. The van der Waals surface area contributed by atoms with Gasteiger partial charge in [0.1, 0.15) is 0 Å². The highest BCUT2D eigenvalue weighted by molar-refractivity contribution is 5.90. The molecule has 0 aliphatic carbocycles. The molecule has 0 amide bonds. The molecule has 0 radical (unpaired) electrons. The van der Waals surface area contributed by atoms with Crippen molar-refractivity contribution in [2.24, 2.45) is 0 Å². The van der Waals surface area contributed by atoms with Crippen LogP contribution in [0, 0.1) is 0 Å². The van der Waals surface area contributed by atoms with Gasteiger partial charge in [-0.2, -0.15) is 0 Å². The highest BCUT2D eigenvalue weighted by atomic mass is 15.1. The van der Waals surface area contributed by atoms with Crippen molar-refractivity contribution < 1.29 is 0 Å². The fourth-order valence-corrected chi connectivity index (χ4v) is 8.27. The molecule has 0 fully saturated rings. The van der Waals surface area contributed by atoms with E-state index in [0.717, 1.165) is 95.3 Å². The van der Waals surface area contributed by atoms with Crippen molar-refractivity contribution in [1.82, 2.24) is 19.9 Å². The first-order valence-corrected chi connectivity index (χ1v) is 21.1. The first-order chi connectivity index (χ1) is 31.2. The second-order valence-electron chi connectivity index (χ2n) is 15.5. The third-order valence-corrected chi connectivity index (χ3v) is 11.5. The summed E-state index contributed by atoms with van der Waals surface area (Å²) in [5, 5.41) is 0. The van der Waals surface area contributed by atoms with Crippen LogP contribution >= 0.6 is 0 Å². The van der Waals surface area contributed by atoms with Crippen LogP contribution in [0.4, 0.5) is 17.1 Å². The largest absolute Gasteiger partial charge is 0.311 e. The van der Waals surface area contributed by atoms with E-state index >= 15 is 0 Å². The fraction of sp³-hybridized carbons (Fsp3) is 0. The summed E-state index contributed by atoms with van der Waals surface area (Å²) >= 11 is 0. The van der Waals surface area contributed by atoms with Crippen molar-refractivity contribution in [3.05, 3.63) is 237 Å². The van der Waals surface area contributed by atoms with Crippen LogP contribution in [-0.2, 0) is 0 Å². The molecule has 5 heteroatoms. The summed E-state index contributed by atoms with van der Waals surface area (Å²) in [7, 11) is 0. The second-order valence-corrected chi connectivity index (χ2v) is 15.5. The van der Waals surface area contributed by atoms with E-state index in [0.29, 0.717) is 0 Å². The molecule has 9 aromatic carbocycles. The Bertz CT molecular complexity index is 3130. The fourth-order valence-electron chi connectivity index (χ4n) is 8.27. The summed E-state index contributed by atoms with van der Waals surface area (Å²) in [6, 6.07) is 82.0. The third kappa shape index (κ3) is 7.49. The molecule has 0 saturated heterocycles. The van der Waals surface area contributed by atoms with E-state index in [9.17, 15) is 0 Å². The lowest BCUT2D eigenvalue weighted by molar-refractivity contribution is 1.26. The smallest absolute Gasteiger partial charge is 0.0973 e. The summed E-state index contributed by atoms with van der Waals surface area (Å²) in [4.78, 5) is 23.1. The van der Waals surface area contributed by atoms with Gasteiger partial charge in [0.2, 0.25) is 0 Å². The average Bonchev–Trinajstić information content (AvgIpc) is 3.37. The van der Waals surface area contributed by atoms with Gasteiger partial charge in [-0.05, 0) is 82.9 Å². The van der Waals surface area contributed by atoms with E-state index in [1.54, 1.807) is 0 Å². The van der Waals surface area contributed by atoms with Crippen LogP contribution in [0.15, 0.2) is 237 Å². The van der Waals surface area contributed by atoms with Crippen LogP contribution in [-0.4, -0.2) is 19.9 Å². The Hall–Kier alpha value is -8.54. The van der Waals surface area contributed by atoms with Crippen molar-refractivity contribution in [3.8, 4) is 67.3 Å².